The summed E-state index contributed by atoms with van der Waals surface area (Å²) in [5.74, 6) is 0.244. The van der Waals surface area contributed by atoms with Crippen molar-refractivity contribution in [2.75, 3.05) is 26.7 Å². The smallest absolute Gasteiger partial charge is 0.0656 e. The van der Waals surface area contributed by atoms with E-state index in [0.29, 0.717) is 0 Å². The number of piperidine rings is 1. The van der Waals surface area contributed by atoms with Gasteiger partial charge in [0.05, 0.1) is 6.07 Å². The molecular formula is C11H18N4. The zero-order chi connectivity index (χ0) is 11.1. The maximum absolute atomic E-state index is 8.77. The van der Waals surface area contributed by atoms with E-state index in [1.54, 1.807) is 7.05 Å². The summed E-state index contributed by atoms with van der Waals surface area (Å²) in [6.45, 7) is 2.80. The van der Waals surface area contributed by atoms with Gasteiger partial charge in [-0.3, -0.25) is 9.89 Å². The van der Waals surface area contributed by atoms with Crippen molar-refractivity contribution in [3.8, 4) is 6.07 Å². The van der Waals surface area contributed by atoms with Gasteiger partial charge in [-0.15, -0.1) is 0 Å². The molecule has 0 atom stereocenters. The molecule has 0 saturated carbocycles. The van der Waals surface area contributed by atoms with Crippen LogP contribution >= 0.6 is 0 Å². The van der Waals surface area contributed by atoms with Gasteiger partial charge in [0, 0.05) is 25.2 Å². The van der Waals surface area contributed by atoms with Crippen molar-refractivity contribution >= 4 is 5.71 Å². The number of hydrogen-bond acceptors (Lipinski definition) is 4. The molecule has 4 nitrogen and oxygen atoms in total. The Morgan fingerprint density at radius 2 is 2.27 bits per heavy atom. The van der Waals surface area contributed by atoms with E-state index in [1.165, 1.54) is 6.20 Å². The second kappa shape index (κ2) is 6.20. The molecule has 15 heavy (non-hydrogen) atoms. The highest BCUT2D eigenvalue weighted by Gasteiger charge is 2.18. The highest BCUT2D eigenvalue weighted by atomic mass is 15.1. The number of likely N-dealkylation sites (tertiary alicyclic amines) is 1. The first kappa shape index (κ1) is 11.7. The van der Waals surface area contributed by atoms with E-state index in [1.807, 2.05) is 6.08 Å². The molecule has 0 bridgehead atoms. The number of nitrogens with two attached hydrogens (primary N) is 1. The SMILES string of the molecule is CN=C(C=CN)CN1CCC(C#N)CC1. The fourth-order valence-corrected chi connectivity index (χ4v) is 1.76. The molecule has 0 spiro atoms. The Kier molecular flexibility index (Phi) is 4.85. The lowest BCUT2D eigenvalue weighted by Crippen LogP contribution is -2.36. The van der Waals surface area contributed by atoms with Crippen LogP contribution in [0.25, 0.3) is 0 Å². The van der Waals surface area contributed by atoms with Crippen molar-refractivity contribution in [2.24, 2.45) is 16.6 Å². The Balaban J connectivity index is 2.38. The molecule has 0 aromatic heterocycles. The summed E-state index contributed by atoms with van der Waals surface area (Å²) in [6.07, 6.45) is 5.29. The summed E-state index contributed by atoms with van der Waals surface area (Å²) in [5.41, 5.74) is 6.32. The van der Waals surface area contributed by atoms with E-state index in [2.05, 4.69) is 16.0 Å². The van der Waals surface area contributed by atoms with Crippen LogP contribution in [0, 0.1) is 17.2 Å². The molecule has 2 N–H and O–H groups in total. The molecule has 0 aliphatic carbocycles. The number of aliphatic imine (C=N–C) groups is 1. The van der Waals surface area contributed by atoms with Gasteiger partial charge in [0.2, 0.25) is 0 Å². The van der Waals surface area contributed by atoms with Crippen LogP contribution in [0.3, 0.4) is 0 Å². The lowest BCUT2D eigenvalue weighted by Gasteiger charge is -2.28. The number of rotatable bonds is 3. The lowest BCUT2D eigenvalue weighted by atomic mass is 9.98. The predicted molar refractivity (Wildman–Crippen MR) is 61.5 cm³/mol. The topological polar surface area (TPSA) is 65.4 Å². The average molecular weight is 206 g/mol. The van der Waals surface area contributed by atoms with Gasteiger partial charge in [-0.2, -0.15) is 5.26 Å². The maximum Gasteiger partial charge on any atom is 0.0656 e. The molecule has 0 aromatic carbocycles. The van der Waals surface area contributed by atoms with E-state index in [0.717, 1.165) is 38.2 Å². The Morgan fingerprint density at radius 3 is 2.73 bits per heavy atom. The fraction of sp³-hybridized carbons (Fsp3) is 0.636. The first-order valence-corrected chi connectivity index (χ1v) is 5.26. The summed E-state index contributed by atoms with van der Waals surface area (Å²) in [6, 6.07) is 2.33. The van der Waals surface area contributed by atoms with Gasteiger partial charge in [-0.25, -0.2) is 0 Å². The molecule has 1 aliphatic heterocycles. The van der Waals surface area contributed by atoms with Crippen molar-refractivity contribution < 1.29 is 0 Å². The van der Waals surface area contributed by atoms with Crippen LogP contribution < -0.4 is 5.73 Å². The van der Waals surface area contributed by atoms with Gasteiger partial charge in [-0.05, 0) is 38.2 Å². The zero-order valence-electron chi connectivity index (χ0n) is 9.19. The maximum atomic E-state index is 8.77. The predicted octanol–water partition coefficient (Wildman–Crippen LogP) is 0.765. The minimum Gasteiger partial charge on any atom is -0.405 e. The van der Waals surface area contributed by atoms with E-state index in [9.17, 15) is 0 Å². The largest absolute Gasteiger partial charge is 0.405 e. The summed E-state index contributed by atoms with van der Waals surface area (Å²) in [4.78, 5) is 6.47. The highest BCUT2D eigenvalue weighted by molar-refractivity contribution is 5.96. The third-order valence-corrected chi connectivity index (χ3v) is 2.73. The minimum absolute atomic E-state index is 0.244. The monoisotopic (exact) mass is 206 g/mol. The second-order valence-electron chi connectivity index (χ2n) is 3.75. The molecular weight excluding hydrogens is 188 g/mol. The quantitative estimate of drug-likeness (QED) is 0.693. The molecule has 0 amide bonds. The summed E-state index contributed by atoms with van der Waals surface area (Å²) < 4.78 is 0. The van der Waals surface area contributed by atoms with Crippen LogP contribution in [0.1, 0.15) is 12.8 Å². The third-order valence-electron chi connectivity index (χ3n) is 2.73. The second-order valence-corrected chi connectivity index (χ2v) is 3.75. The number of hydrogen-bond donors (Lipinski definition) is 1. The van der Waals surface area contributed by atoms with Gasteiger partial charge in [0.15, 0.2) is 0 Å². The molecule has 0 radical (unpaired) electrons. The van der Waals surface area contributed by atoms with Crippen LogP contribution in [-0.2, 0) is 0 Å². The van der Waals surface area contributed by atoms with E-state index >= 15 is 0 Å². The molecule has 1 fully saturated rings. The van der Waals surface area contributed by atoms with Crippen molar-refractivity contribution in [1.29, 1.82) is 5.26 Å². The van der Waals surface area contributed by atoms with Gasteiger partial charge in [-0.1, -0.05) is 0 Å². The van der Waals surface area contributed by atoms with Crippen molar-refractivity contribution in [3.05, 3.63) is 12.3 Å². The highest BCUT2D eigenvalue weighted by Crippen LogP contribution is 2.15. The van der Waals surface area contributed by atoms with Crippen LogP contribution in [0.4, 0.5) is 0 Å². The van der Waals surface area contributed by atoms with Gasteiger partial charge < -0.3 is 5.73 Å². The Bertz CT molecular complexity index is 279. The molecule has 1 heterocycles. The van der Waals surface area contributed by atoms with Crippen LogP contribution in [0.2, 0.25) is 0 Å². The molecule has 1 aliphatic rings. The summed E-state index contributed by atoms with van der Waals surface area (Å²) >= 11 is 0. The molecule has 1 rings (SSSR count). The third kappa shape index (κ3) is 3.72. The minimum atomic E-state index is 0.244. The Morgan fingerprint density at radius 1 is 1.60 bits per heavy atom. The fourth-order valence-electron chi connectivity index (χ4n) is 1.76. The molecule has 1 saturated heterocycles. The van der Waals surface area contributed by atoms with Gasteiger partial charge in [0.1, 0.15) is 0 Å². The Hall–Kier alpha value is -1.34. The van der Waals surface area contributed by atoms with E-state index in [4.69, 9.17) is 11.0 Å². The average Bonchev–Trinajstić information content (AvgIpc) is 2.29. The van der Waals surface area contributed by atoms with Crippen LogP contribution in [0.15, 0.2) is 17.3 Å². The van der Waals surface area contributed by atoms with E-state index < -0.39 is 0 Å². The first-order chi connectivity index (χ1) is 7.30. The van der Waals surface area contributed by atoms with Crippen molar-refractivity contribution in [2.45, 2.75) is 12.8 Å². The number of nitrogens with zero attached hydrogens (tertiary/aromatic N) is 3. The van der Waals surface area contributed by atoms with Crippen LogP contribution in [-0.4, -0.2) is 37.3 Å². The lowest BCUT2D eigenvalue weighted by molar-refractivity contribution is 0.231. The van der Waals surface area contributed by atoms with Crippen LogP contribution in [0.5, 0.6) is 0 Å². The van der Waals surface area contributed by atoms with E-state index in [-0.39, 0.29) is 5.92 Å². The molecule has 0 aromatic rings. The number of nitriles is 1. The van der Waals surface area contributed by atoms with Crippen molar-refractivity contribution in [1.82, 2.24) is 4.90 Å². The van der Waals surface area contributed by atoms with Gasteiger partial charge in [0.25, 0.3) is 0 Å². The first-order valence-electron chi connectivity index (χ1n) is 5.26. The van der Waals surface area contributed by atoms with Gasteiger partial charge >= 0.3 is 0 Å². The zero-order valence-corrected chi connectivity index (χ0v) is 9.19. The standard InChI is InChI=1S/C11H18N4/c1-14-11(2-5-12)9-15-6-3-10(8-13)4-7-15/h2,5,10H,3-4,6-7,9,12H2,1H3. The molecule has 0 unspecified atom stereocenters. The summed E-state index contributed by atoms with van der Waals surface area (Å²) in [7, 11) is 1.78. The normalized spacial score (nSPS) is 20.7. The Labute approximate surface area is 91.1 Å². The van der Waals surface area contributed by atoms with Crippen molar-refractivity contribution in [3.63, 3.8) is 0 Å². The molecule has 4 heteroatoms. The summed E-state index contributed by atoms with van der Waals surface area (Å²) in [5, 5.41) is 8.77. The molecule has 82 valence electrons.